The van der Waals surface area contributed by atoms with Crippen LogP contribution in [0.4, 0.5) is 0 Å². The van der Waals surface area contributed by atoms with Crippen LogP contribution >= 0.6 is 0 Å². The molecule has 0 aliphatic heterocycles. The first-order valence-electron chi connectivity index (χ1n) is 5.77. The van der Waals surface area contributed by atoms with Crippen molar-refractivity contribution in [2.24, 2.45) is 0 Å². The van der Waals surface area contributed by atoms with Crippen molar-refractivity contribution in [2.75, 3.05) is 7.11 Å². The number of hydrogen-bond donors (Lipinski definition) is 0. The van der Waals surface area contributed by atoms with Gasteiger partial charge in [0.1, 0.15) is 5.75 Å². The standard InChI is InChI=1S/C15H15NO2/c1-11-8-13(5-6-15(11)18-2)14(17)9-12-4-3-7-16-10-12/h3-8,10H,9H2,1-2H3. The van der Waals surface area contributed by atoms with Gasteiger partial charge in [-0.05, 0) is 42.3 Å². The van der Waals surface area contributed by atoms with E-state index in [-0.39, 0.29) is 5.78 Å². The van der Waals surface area contributed by atoms with Crippen molar-refractivity contribution < 1.29 is 9.53 Å². The maximum Gasteiger partial charge on any atom is 0.167 e. The second kappa shape index (κ2) is 5.45. The van der Waals surface area contributed by atoms with E-state index in [4.69, 9.17) is 4.74 Å². The fourth-order valence-corrected chi connectivity index (χ4v) is 1.84. The maximum absolute atomic E-state index is 12.1. The van der Waals surface area contributed by atoms with Gasteiger partial charge < -0.3 is 4.74 Å². The second-order valence-corrected chi connectivity index (χ2v) is 4.15. The zero-order chi connectivity index (χ0) is 13.0. The molecule has 18 heavy (non-hydrogen) atoms. The third-order valence-corrected chi connectivity index (χ3v) is 2.80. The summed E-state index contributed by atoms with van der Waals surface area (Å²) in [5.41, 5.74) is 2.60. The number of rotatable bonds is 4. The number of carbonyl (C=O) groups is 1. The summed E-state index contributed by atoms with van der Waals surface area (Å²) < 4.78 is 5.18. The van der Waals surface area contributed by atoms with Crippen LogP contribution in [0.25, 0.3) is 0 Å². The highest BCUT2D eigenvalue weighted by Crippen LogP contribution is 2.19. The van der Waals surface area contributed by atoms with E-state index in [2.05, 4.69) is 4.98 Å². The molecule has 2 rings (SSSR count). The number of aryl methyl sites for hydroxylation is 1. The topological polar surface area (TPSA) is 39.2 Å². The predicted octanol–water partition coefficient (Wildman–Crippen LogP) is 2.82. The molecule has 0 saturated carbocycles. The van der Waals surface area contributed by atoms with Crippen molar-refractivity contribution in [3.05, 3.63) is 59.4 Å². The highest BCUT2D eigenvalue weighted by Gasteiger charge is 2.09. The van der Waals surface area contributed by atoms with E-state index in [0.717, 1.165) is 16.9 Å². The predicted molar refractivity (Wildman–Crippen MR) is 70.0 cm³/mol. The molecular weight excluding hydrogens is 226 g/mol. The lowest BCUT2D eigenvalue weighted by atomic mass is 10.0. The number of benzene rings is 1. The molecule has 3 nitrogen and oxygen atoms in total. The first-order valence-corrected chi connectivity index (χ1v) is 5.77. The number of ketones is 1. The summed E-state index contributed by atoms with van der Waals surface area (Å²) in [6.45, 7) is 1.93. The Kier molecular flexibility index (Phi) is 3.72. The van der Waals surface area contributed by atoms with Gasteiger partial charge in [0.25, 0.3) is 0 Å². The molecule has 0 saturated heterocycles. The summed E-state index contributed by atoms with van der Waals surface area (Å²) in [5.74, 6) is 0.890. The number of carbonyl (C=O) groups excluding carboxylic acids is 1. The summed E-state index contributed by atoms with van der Waals surface area (Å²) in [6, 6.07) is 9.22. The Morgan fingerprint density at radius 1 is 1.33 bits per heavy atom. The van der Waals surface area contributed by atoms with E-state index in [1.807, 2.05) is 31.2 Å². The van der Waals surface area contributed by atoms with Crippen molar-refractivity contribution >= 4 is 5.78 Å². The fraction of sp³-hybridized carbons (Fsp3) is 0.200. The van der Waals surface area contributed by atoms with Gasteiger partial charge in [0.05, 0.1) is 7.11 Å². The lowest BCUT2D eigenvalue weighted by Crippen LogP contribution is -2.04. The summed E-state index contributed by atoms with van der Waals surface area (Å²) in [7, 11) is 1.62. The SMILES string of the molecule is COc1ccc(C(=O)Cc2cccnc2)cc1C. The van der Waals surface area contributed by atoms with Gasteiger partial charge >= 0.3 is 0 Å². The van der Waals surface area contributed by atoms with Crippen LogP contribution in [0.2, 0.25) is 0 Å². The van der Waals surface area contributed by atoms with Crippen LogP contribution in [0.3, 0.4) is 0 Å². The number of Topliss-reactive ketones (excluding diaryl/α,β-unsaturated/α-hetero) is 1. The second-order valence-electron chi connectivity index (χ2n) is 4.15. The number of nitrogens with zero attached hydrogens (tertiary/aromatic N) is 1. The molecule has 0 aliphatic rings. The minimum Gasteiger partial charge on any atom is -0.496 e. The van der Waals surface area contributed by atoms with Crippen molar-refractivity contribution in [1.82, 2.24) is 4.98 Å². The summed E-state index contributed by atoms with van der Waals surface area (Å²) in [4.78, 5) is 16.1. The average Bonchev–Trinajstić information content (AvgIpc) is 2.39. The molecule has 0 N–H and O–H groups in total. The van der Waals surface area contributed by atoms with Crippen molar-refractivity contribution in [1.29, 1.82) is 0 Å². The van der Waals surface area contributed by atoms with Crippen molar-refractivity contribution in [3.63, 3.8) is 0 Å². The van der Waals surface area contributed by atoms with Crippen molar-refractivity contribution in [2.45, 2.75) is 13.3 Å². The van der Waals surface area contributed by atoms with Crippen LogP contribution in [-0.4, -0.2) is 17.9 Å². The molecule has 1 heterocycles. The molecule has 0 amide bonds. The van der Waals surface area contributed by atoms with Gasteiger partial charge in [-0.3, -0.25) is 9.78 Å². The third kappa shape index (κ3) is 2.74. The molecule has 0 fully saturated rings. The lowest BCUT2D eigenvalue weighted by Gasteiger charge is -2.06. The van der Waals surface area contributed by atoms with Gasteiger partial charge in [0, 0.05) is 24.4 Å². The monoisotopic (exact) mass is 241 g/mol. The Labute approximate surface area is 106 Å². The average molecular weight is 241 g/mol. The molecule has 1 aromatic carbocycles. The molecule has 3 heteroatoms. The lowest BCUT2D eigenvalue weighted by molar-refractivity contribution is 0.0993. The highest BCUT2D eigenvalue weighted by molar-refractivity contribution is 5.97. The molecule has 0 unspecified atom stereocenters. The Hall–Kier alpha value is -2.16. The molecule has 0 spiro atoms. The van der Waals surface area contributed by atoms with Crippen LogP contribution in [0.1, 0.15) is 21.5 Å². The van der Waals surface area contributed by atoms with Crippen LogP contribution in [0, 0.1) is 6.92 Å². The van der Waals surface area contributed by atoms with Crippen LogP contribution < -0.4 is 4.74 Å². The van der Waals surface area contributed by atoms with E-state index in [9.17, 15) is 4.79 Å². The third-order valence-electron chi connectivity index (χ3n) is 2.80. The number of ether oxygens (including phenoxy) is 1. The van der Waals surface area contributed by atoms with Crippen LogP contribution in [0.15, 0.2) is 42.7 Å². The first-order chi connectivity index (χ1) is 8.70. The van der Waals surface area contributed by atoms with Crippen molar-refractivity contribution in [3.8, 4) is 5.75 Å². The summed E-state index contributed by atoms with van der Waals surface area (Å²) in [6.07, 6.45) is 3.79. The zero-order valence-corrected chi connectivity index (χ0v) is 10.5. The van der Waals surface area contributed by atoms with Crippen LogP contribution in [0.5, 0.6) is 5.75 Å². The first kappa shape index (κ1) is 12.3. The largest absolute Gasteiger partial charge is 0.496 e. The smallest absolute Gasteiger partial charge is 0.167 e. The van der Waals surface area contributed by atoms with Gasteiger partial charge in [-0.25, -0.2) is 0 Å². The molecule has 0 atom stereocenters. The van der Waals surface area contributed by atoms with E-state index in [0.29, 0.717) is 12.0 Å². The van der Waals surface area contributed by atoms with Gasteiger partial charge in [0.2, 0.25) is 0 Å². The molecule has 0 radical (unpaired) electrons. The zero-order valence-electron chi connectivity index (χ0n) is 10.5. The minimum absolute atomic E-state index is 0.0914. The molecule has 0 bridgehead atoms. The van der Waals surface area contributed by atoms with E-state index in [1.165, 1.54) is 0 Å². The summed E-state index contributed by atoms with van der Waals surface area (Å²) in [5, 5.41) is 0. The quantitative estimate of drug-likeness (QED) is 0.773. The van der Waals surface area contributed by atoms with E-state index in [1.54, 1.807) is 25.6 Å². The Morgan fingerprint density at radius 3 is 2.78 bits per heavy atom. The van der Waals surface area contributed by atoms with Gasteiger partial charge in [0.15, 0.2) is 5.78 Å². The van der Waals surface area contributed by atoms with E-state index >= 15 is 0 Å². The number of hydrogen-bond acceptors (Lipinski definition) is 3. The Bertz CT molecular complexity index is 550. The molecule has 2 aromatic rings. The van der Waals surface area contributed by atoms with E-state index < -0.39 is 0 Å². The number of methoxy groups -OCH3 is 1. The molecule has 1 aromatic heterocycles. The fourth-order valence-electron chi connectivity index (χ4n) is 1.84. The molecule has 0 aliphatic carbocycles. The number of aromatic nitrogens is 1. The maximum atomic E-state index is 12.1. The van der Waals surface area contributed by atoms with Gasteiger partial charge in [-0.2, -0.15) is 0 Å². The molecule has 92 valence electrons. The Morgan fingerprint density at radius 2 is 2.17 bits per heavy atom. The van der Waals surface area contributed by atoms with Crippen LogP contribution in [-0.2, 0) is 6.42 Å². The highest BCUT2D eigenvalue weighted by atomic mass is 16.5. The summed E-state index contributed by atoms with van der Waals surface area (Å²) >= 11 is 0. The molecular formula is C15H15NO2. The van der Waals surface area contributed by atoms with Gasteiger partial charge in [-0.15, -0.1) is 0 Å². The Balaban J connectivity index is 2.17. The minimum atomic E-state index is 0.0914. The van der Waals surface area contributed by atoms with Gasteiger partial charge in [-0.1, -0.05) is 6.07 Å². The normalized spacial score (nSPS) is 10.1. The number of pyridine rings is 1.